The second-order valence-electron chi connectivity index (χ2n) is 3.42. The van der Waals surface area contributed by atoms with Crippen molar-refractivity contribution >= 4 is 0 Å². The van der Waals surface area contributed by atoms with Crippen molar-refractivity contribution in [1.29, 1.82) is 0 Å². The first-order valence-corrected chi connectivity index (χ1v) is 3.95. The smallest absolute Gasteiger partial charge is 0.325 e. The van der Waals surface area contributed by atoms with E-state index in [2.05, 4.69) is 4.98 Å². The molecule has 0 amide bonds. The average Bonchev–Trinajstić information content (AvgIpc) is 2.35. The molecule has 12 heavy (non-hydrogen) atoms. The Kier molecular flexibility index (Phi) is 2.38. The van der Waals surface area contributed by atoms with Gasteiger partial charge in [-0.15, -0.1) is 0 Å². The lowest BCUT2D eigenvalue weighted by molar-refractivity contribution is 0.210. The third kappa shape index (κ3) is 1.58. The summed E-state index contributed by atoms with van der Waals surface area (Å²) in [5.41, 5.74) is -0.445. The van der Waals surface area contributed by atoms with Crippen LogP contribution in [0.2, 0.25) is 0 Å². The molecule has 68 valence electrons. The van der Waals surface area contributed by atoms with E-state index in [1.165, 1.54) is 0 Å². The van der Waals surface area contributed by atoms with Gasteiger partial charge in [-0.3, -0.25) is 4.57 Å². The summed E-state index contributed by atoms with van der Waals surface area (Å²) in [4.78, 5) is 13.7. The Morgan fingerprint density at radius 2 is 2.33 bits per heavy atom. The van der Waals surface area contributed by atoms with Crippen LogP contribution in [0.1, 0.15) is 20.3 Å². The van der Waals surface area contributed by atoms with E-state index < -0.39 is 0 Å². The Bertz CT molecular complexity index is 298. The van der Waals surface area contributed by atoms with Gasteiger partial charge in [-0.2, -0.15) is 0 Å². The van der Waals surface area contributed by atoms with Gasteiger partial charge in [0.05, 0.1) is 0 Å². The molecule has 0 saturated heterocycles. The number of aliphatic hydroxyl groups excluding tert-OH is 1. The summed E-state index contributed by atoms with van der Waals surface area (Å²) >= 11 is 0. The van der Waals surface area contributed by atoms with E-state index in [0.717, 1.165) is 0 Å². The molecule has 2 N–H and O–H groups in total. The van der Waals surface area contributed by atoms with E-state index in [4.69, 9.17) is 5.11 Å². The number of H-pyrrole nitrogens is 1. The minimum atomic E-state index is -0.314. The summed E-state index contributed by atoms with van der Waals surface area (Å²) < 4.78 is 1.59. The molecule has 0 fully saturated rings. The van der Waals surface area contributed by atoms with E-state index in [-0.39, 0.29) is 17.8 Å². The summed E-state index contributed by atoms with van der Waals surface area (Å²) in [6.45, 7) is 3.92. The first-order chi connectivity index (χ1) is 5.58. The highest BCUT2D eigenvalue weighted by molar-refractivity contribution is 4.86. The summed E-state index contributed by atoms with van der Waals surface area (Å²) in [5, 5.41) is 8.77. The van der Waals surface area contributed by atoms with E-state index in [9.17, 15) is 4.79 Å². The molecule has 0 aliphatic carbocycles. The molecule has 0 radical (unpaired) electrons. The topological polar surface area (TPSA) is 58.0 Å². The molecule has 0 saturated carbocycles. The van der Waals surface area contributed by atoms with E-state index in [0.29, 0.717) is 6.42 Å². The van der Waals surface area contributed by atoms with Crippen LogP contribution in [0, 0.1) is 0 Å². The fraction of sp³-hybridized carbons (Fsp3) is 0.625. The normalized spacial score (nSPS) is 11.9. The van der Waals surface area contributed by atoms with Gasteiger partial charge in [0, 0.05) is 24.5 Å². The molecule has 4 heteroatoms. The molecule has 0 bridgehead atoms. The zero-order valence-corrected chi connectivity index (χ0v) is 7.37. The number of aromatic amines is 1. The van der Waals surface area contributed by atoms with Gasteiger partial charge in [0.2, 0.25) is 0 Å². The van der Waals surface area contributed by atoms with Crippen molar-refractivity contribution in [3.63, 3.8) is 0 Å². The largest absolute Gasteiger partial charge is 0.396 e. The number of aliphatic hydroxyl groups is 1. The van der Waals surface area contributed by atoms with Crippen LogP contribution in [-0.2, 0) is 5.54 Å². The van der Waals surface area contributed by atoms with Crippen molar-refractivity contribution in [1.82, 2.24) is 9.55 Å². The van der Waals surface area contributed by atoms with Crippen LogP contribution in [-0.4, -0.2) is 21.3 Å². The number of hydrogen-bond donors (Lipinski definition) is 2. The molecule has 1 aromatic heterocycles. The Balaban J connectivity index is 2.96. The number of nitrogens with zero attached hydrogens (tertiary/aromatic N) is 1. The zero-order valence-electron chi connectivity index (χ0n) is 7.37. The maximum atomic E-state index is 11.2. The highest BCUT2D eigenvalue weighted by Crippen LogP contribution is 2.15. The molecule has 1 rings (SSSR count). The van der Waals surface area contributed by atoms with Crippen LogP contribution in [0.25, 0.3) is 0 Å². The van der Waals surface area contributed by atoms with Gasteiger partial charge in [-0.25, -0.2) is 4.79 Å². The summed E-state index contributed by atoms with van der Waals surface area (Å²) in [6, 6.07) is 0. The lowest BCUT2D eigenvalue weighted by Crippen LogP contribution is -2.35. The predicted molar refractivity (Wildman–Crippen MR) is 46.1 cm³/mol. The van der Waals surface area contributed by atoms with Crippen LogP contribution in [0.15, 0.2) is 17.2 Å². The molecule has 1 heterocycles. The number of hydrogen-bond acceptors (Lipinski definition) is 2. The van der Waals surface area contributed by atoms with Crippen LogP contribution < -0.4 is 5.69 Å². The van der Waals surface area contributed by atoms with E-state index >= 15 is 0 Å². The average molecular weight is 170 g/mol. The third-order valence-corrected chi connectivity index (χ3v) is 2.02. The molecule has 0 spiro atoms. The lowest BCUT2D eigenvalue weighted by Gasteiger charge is -2.24. The first-order valence-electron chi connectivity index (χ1n) is 3.95. The highest BCUT2D eigenvalue weighted by Gasteiger charge is 2.20. The quantitative estimate of drug-likeness (QED) is 0.685. The van der Waals surface area contributed by atoms with E-state index in [1.54, 1.807) is 17.0 Å². The zero-order chi connectivity index (χ0) is 9.19. The summed E-state index contributed by atoms with van der Waals surface area (Å²) in [6.07, 6.45) is 3.87. The molecule has 4 nitrogen and oxygen atoms in total. The maximum absolute atomic E-state index is 11.2. The SMILES string of the molecule is CC(C)(CCO)n1cc[nH]c1=O. The summed E-state index contributed by atoms with van der Waals surface area (Å²) in [5.74, 6) is 0. The molecular weight excluding hydrogens is 156 g/mol. The second-order valence-corrected chi connectivity index (χ2v) is 3.42. The Morgan fingerprint density at radius 3 is 2.75 bits per heavy atom. The fourth-order valence-electron chi connectivity index (χ4n) is 1.19. The van der Waals surface area contributed by atoms with Gasteiger partial charge in [0.25, 0.3) is 0 Å². The predicted octanol–water partition coefficient (Wildman–Crippen LogP) is 0.294. The van der Waals surface area contributed by atoms with Crippen molar-refractivity contribution in [2.45, 2.75) is 25.8 Å². The monoisotopic (exact) mass is 170 g/mol. The summed E-state index contributed by atoms with van der Waals surface area (Å²) in [7, 11) is 0. The molecule has 0 unspecified atom stereocenters. The molecule has 0 aromatic carbocycles. The number of nitrogens with one attached hydrogen (secondary N) is 1. The standard InChI is InChI=1S/C8H14N2O2/c1-8(2,3-6-11)10-5-4-9-7(10)12/h4-5,11H,3,6H2,1-2H3,(H,9,12). The van der Waals surface area contributed by atoms with Crippen LogP contribution in [0.3, 0.4) is 0 Å². The highest BCUT2D eigenvalue weighted by atomic mass is 16.3. The number of imidazole rings is 1. The van der Waals surface area contributed by atoms with Crippen LogP contribution in [0.5, 0.6) is 0 Å². The van der Waals surface area contributed by atoms with Gasteiger partial charge >= 0.3 is 5.69 Å². The third-order valence-electron chi connectivity index (χ3n) is 2.02. The van der Waals surface area contributed by atoms with Crippen molar-refractivity contribution in [3.05, 3.63) is 22.9 Å². The lowest BCUT2D eigenvalue weighted by atomic mass is 10.0. The Hall–Kier alpha value is -1.03. The maximum Gasteiger partial charge on any atom is 0.325 e. The molecule has 0 aliphatic rings. The van der Waals surface area contributed by atoms with E-state index in [1.807, 2.05) is 13.8 Å². The van der Waals surface area contributed by atoms with Crippen molar-refractivity contribution in [2.24, 2.45) is 0 Å². The van der Waals surface area contributed by atoms with Gasteiger partial charge in [0.15, 0.2) is 0 Å². The Morgan fingerprint density at radius 1 is 1.67 bits per heavy atom. The minimum Gasteiger partial charge on any atom is -0.396 e. The second kappa shape index (κ2) is 3.15. The van der Waals surface area contributed by atoms with Gasteiger partial charge < -0.3 is 10.1 Å². The van der Waals surface area contributed by atoms with Gasteiger partial charge in [0.1, 0.15) is 0 Å². The number of rotatable bonds is 3. The van der Waals surface area contributed by atoms with Crippen molar-refractivity contribution in [2.75, 3.05) is 6.61 Å². The first kappa shape index (κ1) is 9.06. The fourth-order valence-corrected chi connectivity index (χ4v) is 1.19. The minimum absolute atomic E-state index is 0.0879. The Labute approximate surface area is 70.9 Å². The van der Waals surface area contributed by atoms with Crippen molar-refractivity contribution in [3.8, 4) is 0 Å². The molecule has 0 atom stereocenters. The molecular formula is C8H14N2O2. The van der Waals surface area contributed by atoms with Crippen molar-refractivity contribution < 1.29 is 5.11 Å². The molecule has 0 aliphatic heterocycles. The molecule has 1 aromatic rings. The van der Waals surface area contributed by atoms with Crippen LogP contribution in [0.4, 0.5) is 0 Å². The number of aromatic nitrogens is 2. The van der Waals surface area contributed by atoms with Gasteiger partial charge in [-0.1, -0.05) is 0 Å². The van der Waals surface area contributed by atoms with Crippen LogP contribution >= 0.6 is 0 Å². The van der Waals surface area contributed by atoms with Gasteiger partial charge in [-0.05, 0) is 20.3 Å².